The van der Waals surface area contributed by atoms with E-state index in [1.807, 2.05) is 25.1 Å². The van der Waals surface area contributed by atoms with Gasteiger partial charge in [0.05, 0.1) is 30.2 Å². The molecule has 0 aromatic heterocycles. The van der Waals surface area contributed by atoms with Gasteiger partial charge in [-0.05, 0) is 42.3 Å². The van der Waals surface area contributed by atoms with Gasteiger partial charge in [0.2, 0.25) is 21.8 Å². The van der Waals surface area contributed by atoms with Gasteiger partial charge in [0, 0.05) is 33.2 Å². The average Bonchev–Trinajstić information content (AvgIpc) is 3.19. The van der Waals surface area contributed by atoms with Gasteiger partial charge in [0.1, 0.15) is 5.75 Å². The van der Waals surface area contributed by atoms with Gasteiger partial charge in [0.15, 0.2) is 0 Å². The number of aryl methyl sites for hydroxylation is 1. The molecular weight excluding hydrogens is 446 g/mol. The lowest BCUT2D eigenvalue weighted by Gasteiger charge is -2.20. The number of amides is 2. The van der Waals surface area contributed by atoms with Crippen LogP contribution < -0.4 is 19.7 Å². The second-order valence-electron chi connectivity index (χ2n) is 7.83. The van der Waals surface area contributed by atoms with Crippen molar-refractivity contribution in [3.63, 3.8) is 0 Å². The van der Waals surface area contributed by atoms with E-state index in [2.05, 4.69) is 10.0 Å². The molecule has 0 saturated carbocycles. The van der Waals surface area contributed by atoms with Gasteiger partial charge in [-0.2, -0.15) is 0 Å². The molecule has 178 valence electrons. The highest BCUT2D eigenvalue weighted by atomic mass is 32.2. The van der Waals surface area contributed by atoms with E-state index in [1.165, 1.54) is 19.2 Å². The lowest BCUT2D eigenvalue weighted by Crippen LogP contribution is -2.32. The Bertz CT molecular complexity index is 1100. The number of methoxy groups -OCH3 is 2. The summed E-state index contributed by atoms with van der Waals surface area (Å²) in [6, 6.07) is 11.9. The molecule has 2 N–H and O–H groups in total. The van der Waals surface area contributed by atoms with Crippen molar-refractivity contribution in [2.75, 3.05) is 38.8 Å². The molecule has 2 aromatic carbocycles. The molecule has 3 rings (SSSR count). The summed E-state index contributed by atoms with van der Waals surface area (Å²) in [5.74, 6) is -0.251. The number of carbonyl (C=O) groups excluding carboxylic acids is 2. The summed E-state index contributed by atoms with van der Waals surface area (Å²) in [5.41, 5.74) is 2.40. The number of nitrogens with one attached hydrogen (secondary N) is 2. The Morgan fingerprint density at radius 1 is 1.15 bits per heavy atom. The molecule has 0 spiro atoms. The summed E-state index contributed by atoms with van der Waals surface area (Å²) in [6.07, 6.45) is 0.118. The van der Waals surface area contributed by atoms with E-state index < -0.39 is 15.9 Å². The normalized spacial score (nSPS) is 16.2. The summed E-state index contributed by atoms with van der Waals surface area (Å²) in [6.45, 7) is 2.90. The Kier molecular flexibility index (Phi) is 8.06. The molecule has 2 amide bonds. The Morgan fingerprint density at radius 2 is 1.88 bits per heavy atom. The predicted molar refractivity (Wildman–Crippen MR) is 124 cm³/mol. The molecule has 1 unspecified atom stereocenters. The van der Waals surface area contributed by atoms with Crippen molar-refractivity contribution in [1.82, 2.24) is 10.0 Å². The molecule has 9 nitrogen and oxygen atoms in total. The van der Waals surface area contributed by atoms with E-state index in [0.717, 1.165) is 11.1 Å². The van der Waals surface area contributed by atoms with E-state index in [9.17, 15) is 18.0 Å². The predicted octanol–water partition coefficient (Wildman–Crippen LogP) is 1.60. The molecule has 0 radical (unpaired) electrons. The van der Waals surface area contributed by atoms with Crippen LogP contribution in [0.2, 0.25) is 0 Å². The maximum atomic E-state index is 12.7. The molecule has 1 heterocycles. The van der Waals surface area contributed by atoms with E-state index in [1.54, 1.807) is 24.1 Å². The molecule has 33 heavy (non-hydrogen) atoms. The average molecular weight is 476 g/mol. The van der Waals surface area contributed by atoms with Gasteiger partial charge in [-0.25, -0.2) is 13.1 Å². The van der Waals surface area contributed by atoms with Gasteiger partial charge >= 0.3 is 0 Å². The second-order valence-corrected chi connectivity index (χ2v) is 9.60. The summed E-state index contributed by atoms with van der Waals surface area (Å²) in [7, 11) is -0.569. The summed E-state index contributed by atoms with van der Waals surface area (Å²) in [4.78, 5) is 27.0. The molecule has 10 heteroatoms. The fourth-order valence-electron chi connectivity index (χ4n) is 3.61. The van der Waals surface area contributed by atoms with Gasteiger partial charge in [-0.3, -0.25) is 9.59 Å². The van der Waals surface area contributed by atoms with Crippen LogP contribution in [-0.2, 0) is 30.9 Å². The van der Waals surface area contributed by atoms with Crippen LogP contribution in [0.5, 0.6) is 5.75 Å². The third-order valence-electron chi connectivity index (χ3n) is 5.42. The quantitative estimate of drug-likeness (QED) is 0.505. The molecule has 2 aromatic rings. The Morgan fingerprint density at radius 3 is 2.55 bits per heavy atom. The smallest absolute Gasteiger partial charge is 0.240 e. The van der Waals surface area contributed by atoms with Crippen LogP contribution in [0, 0.1) is 12.8 Å². The van der Waals surface area contributed by atoms with E-state index in [4.69, 9.17) is 9.47 Å². The van der Waals surface area contributed by atoms with Crippen LogP contribution in [-0.4, -0.2) is 54.1 Å². The Hall–Kier alpha value is -2.95. The largest absolute Gasteiger partial charge is 0.495 e. The molecule has 1 fully saturated rings. The first kappa shape index (κ1) is 24.7. The molecule has 1 atom stereocenters. The minimum absolute atomic E-state index is 0.118. The Labute approximate surface area is 194 Å². The molecule has 1 saturated heterocycles. The van der Waals surface area contributed by atoms with Crippen molar-refractivity contribution in [2.24, 2.45) is 5.92 Å². The zero-order valence-corrected chi connectivity index (χ0v) is 19.8. The lowest BCUT2D eigenvalue weighted by atomic mass is 10.1. The van der Waals surface area contributed by atoms with Crippen molar-refractivity contribution in [3.8, 4) is 5.75 Å². The number of anilines is 1. The lowest BCUT2D eigenvalue weighted by molar-refractivity contribution is -0.126. The number of ether oxygens (including phenoxy) is 2. The number of benzene rings is 2. The maximum Gasteiger partial charge on any atom is 0.240 e. The van der Waals surface area contributed by atoms with Crippen molar-refractivity contribution in [1.29, 1.82) is 0 Å². The summed E-state index contributed by atoms with van der Waals surface area (Å²) < 4.78 is 37.1. The number of sulfonamides is 1. The number of rotatable bonds is 10. The van der Waals surface area contributed by atoms with Crippen molar-refractivity contribution >= 4 is 27.5 Å². The van der Waals surface area contributed by atoms with Crippen molar-refractivity contribution in [3.05, 3.63) is 53.6 Å². The third-order valence-corrected chi connectivity index (χ3v) is 6.90. The zero-order chi connectivity index (χ0) is 24.0. The first-order valence-corrected chi connectivity index (χ1v) is 12.0. The van der Waals surface area contributed by atoms with Gasteiger partial charge in [0.25, 0.3) is 0 Å². The summed E-state index contributed by atoms with van der Waals surface area (Å²) in [5, 5.41) is 2.84. The van der Waals surface area contributed by atoms with Gasteiger partial charge in [-0.1, -0.05) is 18.2 Å². The molecule has 0 bridgehead atoms. The number of hydrogen-bond acceptors (Lipinski definition) is 6. The number of nitrogens with zero attached hydrogens (tertiary/aromatic N) is 1. The van der Waals surface area contributed by atoms with Crippen molar-refractivity contribution in [2.45, 2.75) is 24.8 Å². The molecule has 1 aliphatic heterocycles. The van der Waals surface area contributed by atoms with Crippen LogP contribution in [0.25, 0.3) is 0 Å². The van der Waals surface area contributed by atoms with Crippen LogP contribution in [0.1, 0.15) is 17.5 Å². The highest BCUT2D eigenvalue weighted by Gasteiger charge is 2.36. The SMILES string of the molecule is COCCNS(=O)(=O)c1ccc(CNC(=O)C2CC(=O)N(c3cc(C)ccc3OC)C2)cc1. The summed E-state index contributed by atoms with van der Waals surface area (Å²) >= 11 is 0. The third kappa shape index (κ3) is 6.10. The monoisotopic (exact) mass is 475 g/mol. The number of carbonyl (C=O) groups is 2. The van der Waals surface area contributed by atoms with E-state index in [0.29, 0.717) is 11.4 Å². The fraction of sp³-hybridized carbons (Fsp3) is 0.391. The van der Waals surface area contributed by atoms with E-state index in [-0.39, 0.29) is 49.4 Å². The van der Waals surface area contributed by atoms with Gasteiger partial charge < -0.3 is 19.7 Å². The standard InChI is InChI=1S/C23H29N3O6S/c1-16-4-9-21(32-3)20(12-16)26-15-18(13-22(26)27)23(28)24-14-17-5-7-19(8-6-17)33(29,30)25-10-11-31-2/h4-9,12,18,25H,10-11,13-15H2,1-3H3,(H,24,28). The minimum Gasteiger partial charge on any atom is -0.495 e. The minimum atomic E-state index is -3.61. The van der Waals surface area contributed by atoms with Gasteiger partial charge in [-0.15, -0.1) is 0 Å². The molecule has 0 aliphatic carbocycles. The first-order chi connectivity index (χ1) is 15.7. The van der Waals surface area contributed by atoms with E-state index >= 15 is 0 Å². The number of hydrogen-bond donors (Lipinski definition) is 2. The highest BCUT2D eigenvalue weighted by Crippen LogP contribution is 2.34. The van der Waals surface area contributed by atoms with Crippen LogP contribution in [0.4, 0.5) is 5.69 Å². The Balaban J connectivity index is 1.58. The topological polar surface area (TPSA) is 114 Å². The first-order valence-electron chi connectivity index (χ1n) is 10.6. The van der Waals surface area contributed by atoms with Crippen molar-refractivity contribution < 1.29 is 27.5 Å². The molecule has 1 aliphatic rings. The fourth-order valence-corrected chi connectivity index (χ4v) is 4.62. The van der Waals surface area contributed by atoms with Crippen LogP contribution in [0.3, 0.4) is 0 Å². The second kappa shape index (κ2) is 10.8. The highest BCUT2D eigenvalue weighted by molar-refractivity contribution is 7.89. The zero-order valence-electron chi connectivity index (χ0n) is 19.0. The van der Waals surface area contributed by atoms with Crippen LogP contribution >= 0.6 is 0 Å². The molecular formula is C23H29N3O6S. The maximum absolute atomic E-state index is 12.7. The van der Waals surface area contributed by atoms with Crippen LogP contribution in [0.15, 0.2) is 47.4 Å².